The smallest absolute Gasteiger partial charge is 0.138 e. The summed E-state index contributed by atoms with van der Waals surface area (Å²) in [6.07, 6.45) is 7.99. The molecule has 0 aromatic heterocycles. The zero-order valence-electron chi connectivity index (χ0n) is 8.36. The molecule has 0 spiro atoms. The fourth-order valence-electron chi connectivity index (χ4n) is 1.48. The van der Waals surface area contributed by atoms with Gasteiger partial charge in [-0.2, -0.15) is 0 Å². The Bertz CT molecular complexity index is 156. The van der Waals surface area contributed by atoms with Crippen LogP contribution in [-0.4, -0.2) is 5.78 Å². The molecule has 0 saturated heterocycles. The molecule has 0 unspecified atom stereocenters. The minimum absolute atomic E-state index is 0.117. The zero-order chi connectivity index (χ0) is 9.03. The Hall–Kier alpha value is -0.330. The average molecular weight is 168 g/mol. The molecule has 0 aromatic carbocycles. The van der Waals surface area contributed by atoms with Crippen molar-refractivity contribution in [3.8, 4) is 0 Å². The predicted molar refractivity (Wildman–Crippen MR) is 51.1 cm³/mol. The number of rotatable bonds is 6. The third-order valence-corrected chi connectivity index (χ3v) is 2.93. The number of carbonyl (C=O) groups excluding carboxylic acids is 1. The first kappa shape index (κ1) is 9.76. The Kier molecular flexibility index (Phi) is 3.30. The number of carbonyl (C=O) groups is 1. The van der Waals surface area contributed by atoms with Crippen molar-refractivity contribution in [1.29, 1.82) is 0 Å². The van der Waals surface area contributed by atoms with Gasteiger partial charge in [-0.3, -0.25) is 4.79 Å². The van der Waals surface area contributed by atoms with E-state index >= 15 is 0 Å². The number of hydrogen-bond donors (Lipinski definition) is 0. The van der Waals surface area contributed by atoms with Gasteiger partial charge in [-0.15, -0.1) is 0 Å². The van der Waals surface area contributed by atoms with Crippen LogP contribution in [0.5, 0.6) is 0 Å². The van der Waals surface area contributed by atoms with Crippen molar-refractivity contribution in [2.45, 2.75) is 58.8 Å². The second-order valence-corrected chi connectivity index (χ2v) is 4.29. The Morgan fingerprint density at radius 1 is 1.25 bits per heavy atom. The summed E-state index contributed by atoms with van der Waals surface area (Å²) in [4.78, 5) is 11.5. The molecule has 12 heavy (non-hydrogen) atoms. The molecule has 1 nitrogen and oxygen atoms in total. The maximum Gasteiger partial charge on any atom is 0.138 e. The van der Waals surface area contributed by atoms with Crippen LogP contribution in [-0.2, 0) is 4.79 Å². The van der Waals surface area contributed by atoms with E-state index in [4.69, 9.17) is 0 Å². The second kappa shape index (κ2) is 4.06. The number of hydrogen-bond acceptors (Lipinski definition) is 1. The van der Waals surface area contributed by atoms with Crippen molar-refractivity contribution in [2.75, 3.05) is 0 Å². The van der Waals surface area contributed by atoms with Gasteiger partial charge in [0.25, 0.3) is 0 Å². The highest BCUT2D eigenvalue weighted by Crippen LogP contribution is 2.46. The average Bonchev–Trinajstić information content (AvgIpc) is 2.78. The van der Waals surface area contributed by atoms with Gasteiger partial charge in [0, 0.05) is 11.8 Å². The van der Waals surface area contributed by atoms with E-state index in [1.807, 2.05) is 0 Å². The normalized spacial score (nSPS) is 19.2. The van der Waals surface area contributed by atoms with Crippen molar-refractivity contribution >= 4 is 5.78 Å². The summed E-state index contributed by atoms with van der Waals surface area (Å²) in [5.74, 6) is 0.513. The Morgan fingerprint density at radius 3 is 2.42 bits per heavy atom. The van der Waals surface area contributed by atoms with E-state index in [0.717, 1.165) is 25.7 Å². The molecule has 0 N–H and O–H groups in total. The molecule has 1 fully saturated rings. The molecule has 0 bridgehead atoms. The molecule has 0 aliphatic heterocycles. The molecule has 0 radical (unpaired) electrons. The maximum atomic E-state index is 11.5. The van der Waals surface area contributed by atoms with Gasteiger partial charge in [0.2, 0.25) is 0 Å². The van der Waals surface area contributed by atoms with Crippen molar-refractivity contribution < 1.29 is 4.79 Å². The first-order chi connectivity index (χ1) is 5.69. The van der Waals surface area contributed by atoms with Gasteiger partial charge in [-0.1, -0.05) is 33.1 Å². The van der Waals surface area contributed by atoms with Gasteiger partial charge in [0.1, 0.15) is 5.78 Å². The molecule has 1 rings (SSSR count). The zero-order valence-corrected chi connectivity index (χ0v) is 8.36. The number of ketones is 1. The van der Waals surface area contributed by atoms with Crippen LogP contribution in [0.1, 0.15) is 58.8 Å². The molecule has 0 atom stereocenters. The molecule has 70 valence electrons. The summed E-state index contributed by atoms with van der Waals surface area (Å²) < 4.78 is 0. The third-order valence-electron chi connectivity index (χ3n) is 2.93. The van der Waals surface area contributed by atoms with Crippen molar-refractivity contribution in [3.05, 3.63) is 0 Å². The SMILES string of the molecule is CCCCCCC(=O)C1(C)CC1. The summed E-state index contributed by atoms with van der Waals surface area (Å²) in [5, 5.41) is 0. The molecule has 1 heteroatoms. The van der Waals surface area contributed by atoms with Gasteiger partial charge in [-0.05, 0) is 19.3 Å². The molecule has 0 aromatic rings. The van der Waals surface area contributed by atoms with E-state index in [2.05, 4.69) is 13.8 Å². The minimum atomic E-state index is 0.117. The highest BCUT2D eigenvalue weighted by molar-refractivity contribution is 5.86. The molecule has 1 aliphatic carbocycles. The Balaban J connectivity index is 2.03. The monoisotopic (exact) mass is 168 g/mol. The molecule has 0 amide bonds. The standard InChI is InChI=1S/C11H20O/c1-3-4-5-6-7-10(12)11(2)8-9-11/h3-9H2,1-2H3. The fourth-order valence-corrected chi connectivity index (χ4v) is 1.48. The van der Waals surface area contributed by atoms with Crippen molar-refractivity contribution in [1.82, 2.24) is 0 Å². The van der Waals surface area contributed by atoms with E-state index < -0.39 is 0 Å². The summed E-state index contributed by atoms with van der Waals surface area (Å²) in [7, 11) is 0. The van der Waals surface area contributed by atoms with Gasteiger partial charge in [-0.25, -0.2) is 0 Å². The lowest BCUT2D eigenvalue weighted by Gasteiger charge is -2.05. The summed E-state index contributed by atoms with van der Waals surface area (Å²) in [6, 6.07) is 0. The highest BCUT2D eigenvalue weighted by Gasteiger charge is 2.43. The predicted octanol–water partition coefficient (Wildman–Crippen LogP) is 3.33. The second-order valence-electron chi connectivity index (χ2n) is 4.29. The first-order valence-corrected chi connectivity index (χ1v) is 5.22. The van der Waals surface area contributed by atoms with Crippen molar-refractivity contribution in [3.63, 3.8) is 0 Å². The fraction of sp³-hybridized carbons (Fsp3) is 0.909. The van der Waals surface area contributed by atoms with E-state index in [9.17, 15) is 4.79 Å². The van der Waals surface area contributed by atoms with Crippen LogP contribution in [0.25, 0.3) is 0 Å². The maximum absolute atomic E-state index is 11.5. The van der Waals surface area contributed by atoms with E-state index in [-0.39, 0.29) is 5.41 Å². The summed E-state index contributed by atoms with van der Waals surface area (Å²) in [5.41, 5.74) is 0.117. The van der Waals surface area contributed by atoms with Crippen LogP contribution >= 0.6 is 0 Å². The van der Waals surface area contributed by atoms with Crippen LogP contribution < -0.4 is 0 Å². The molecule has 1 aliphatic rings. The van der Waals surface area contributed by atoms with Gasteiger partial charge in [0.05, 0.1) is 0 Å². The molecular formula is C11H20O. The van der Waals surface area contributed by atoms with Gasteiger partial charge in [0.15, 0.2) is 0 Å². The molecule has 1 saturated carbocycles. The third kappa shape index (κ3) is 2.62. The van der Waals surface area contributed by atoms with Crippen LogP contribution in [0.2, 0.25) is 0 Å². The summed E-state index contributed by atoms with van der Waals surface area (Å²) >= 11 is 0. The lowest BCUT2D eigenvalue weighted by Crippen LogP contribution is -2.10. The first-order valence-electron chi connectivity index (χ1n) is 5.22. The highest BCUT2D eigenvalue weighted by atomic mass is 16.1. The molecule has 0 heterocycles. The molecular weight excluding hydrogens is 148 g/mol. The number of unbranched alkanes of at least 4 members (excludes halogenated alkanes) is 3. The lowest BCUT2D eigenvalue weighted by atomic mass is 9.98. The van der Waals surface area contributed by atoms with Gasteiger partial charge < -0.3 is 0 Å². The summed E-state index contributed by atoms with van der Waals surface area (Å²) in [6.45, 7) is 4.30. The lowest BCUT2D eigenvalue weighted by molar-refractivity contribution is -0.123. The Labute approximate surface area is 75.5 Å². The van der Waals surface area contributed by atoms with Crippen LogP contribution in [0.15, 0.2) is 0 Å². The van der Waals surface area contributed by atoms with Crippen LogP contribution in [0, 0.1) is 5.41 Å². The van der Waals surface area contributed by atoms with E-state index in [1.165, 1.54) is 19.3 Å². The van der Waals surface area contributed by atoms with E-state index in [0.29, 0.717) is 5.78 Å². The van der Waals surface area contributed by atoms with E-state index in [1.54, 1.807) is 0 Å². The van der Waals surface area contributed by atoms with Crippen LogP contribution in [0.4, 0.5) is 0 Å². The van der Waals surface area contributed by atoms with Crippen molar-refractivity contribution in [2.24, 2.45) is 5.41 Å². The number of Topliss-reactive ketones (excluding diaryl/α,β-unsaturated/α-hetero) is 1. The Morgan fingerprint density at radius 2 is 1.92 bits per heavy atom. The van der Waals surface area contributed by atoms with Crippen LogP contribution in [0.3, 0.4) is 0 Å². The topological polar surface area (TPSA) is 17.1 Å². The quantitative estimate of drug-likeness (QED) is 0.556. The van der Waals surface area contributed by atoms with Gasteiger partial charge >= 0.3 is 0 Å². The largest absolute Gasteiger partial charge is 0.299 e. The minimum Gasteiger partial charge on any atom is -0.299 e.